The highest BCUT2D eigenvalue weighted by atomic mass is 28.4. The van der Waals surface area contributed by atoms with E-state index in [2.05, 4.69) is 33.5 Å². The van der Waals surface area contributed by atoms with Gasteiger partial charge < -0.3 is 9.47 Å². The zero-order valence-electron chi connectivity index (χ0n) is 12.1. The molecule has 0 aromatic carbocycles. The summed E-state index contributed by atoms with van der Waals surface area (Å²) in [5.41, 5.74) is 0. The average molecular weight is 275 g/mol. The van der Waals surface area contributed by atoms with E-state index in [1.54, 1.807) is 6.92 Å². The standard InChI is InChI=1S/C12H26O3Si2/c1-7-14-11(13)15-9-8-10-16-12(2,3)17(4,5)6/h7-10H2,1-6H3. The minimum atomic E-state index is -1.10. The monoisotopic (exact) mass is 274 g/mol. The Morgan fingerprint density at radius 2 is 1.82 bits per heavy atom. The second-order valence-electron chi connectivity index (χ2n) is 5.69. The third-order valence-electron chi connectivity index (χ3n) is 3.25. The van der Waals surface area contributed by atoms with Crippen LogP contribution in [0.25, 0.3) is 0 Å². The van der Waals surface area contributed by atoms with Crippen LogP contribution in [0.4, 0.5) is 4.79 Å². The van der Waals surface area contributed by atoms with Crippen molar-refractivity contribution in [2.75, 3.05) is 13.2 Å². The van der Waals surface area contributed by atoms with Crippen molar-refractivity contribution in [3.05, 3.63) is 0 Å². The predicted molar refractivity (Wildman–Crippen MR) is 75.5 cm³/mol. The summed E-state index contributed by atoms with van der Waals surface area (Å²) in [6, 6.07) is 1.14. The maximum Gasteiger partial charge on any atom is 0.508 e. The maximum absolute atomic E-state index is 10.9. The molecule has 0 saturated heterocycles. The molecule has 0 saturated carbocycles. The lowest BCUT2D eigenvalue weighted by Gasteiger charge is -2.36. The van der Waals surface area contributed by atoms with E-state index >= 15 is 0 Å². The minimum Gasteiger partial charge on any atom is -0.435 e. The quantitative estimate of drug-likeness (QED) is 0.403. The van der Waals surface area contributed by atoms with E-state index in [-0.39, 0.29) is 0 Å². The van der Waals surface area contributed by atoms with Crippen molar-refractivity contribution in [2.45, 2.75) is 57.5 Å². The van der Waals surface area contributed by atoms with Gasteiger partial charge >= 0.3 is 6.16 Å². The molecule has 0 fully saturated rings. The van der Waals surface area contributed by atoms with Crippen LogP contribution < -0.4 is 0 Å². The lowest BCUT2D eigenvalue weighted by Crippen LogP contribution is -2.39. The van der Waals surface area contributed by atoms with Crippen molar-refractivity contribution in [1.82, 2.24) is 0 Å². The number of rotatable bonds is 7. The Hall–Kier alpha value is -0.296. The lowest BCUT2D eigenvalue weighted by atomic mass is 10.5. The van der Waals surface area contributed by atoms with E-state index in [0.29, 0.717) is 17.9 Å². The predicted octanol–water partition coefficient (Wildman–Crippen LogP) is 3.75. The third kappa shape index (κ3) is 6.88. The van der Waals surface area contributed by atoms with E-state index in [9.17, 15) is 4.79 Å². The first-order chi connectivity index (χ1) is 7.70. The molecule has 0 rings (SSSR count). The summed E-state index contributed by atoms with van der Waals surface area (Å²) in [7, 11) is -0.155. The second kappa shape index (κ2) is 7.21. The van der Waals surface area contributed by atoms with Crippen molar-refractivity contribution in [3.63, 3.8) is 0 Å². The molecule has 0 spiro atoms. The van der Waals surface area contributed by atoms with Crippen LogP contribution in [0.2, 0.25) is 30.3 Å². The molecule has 0 aromatic heterocycles. The fraction of sp³-hybridized carbons (Fsp3) is 0.917. The average Bonchev–Trinajstić information content (AvgIpc) is 2.15. The summed E-state index contributed by atoms with van der Waals surface area (Å²) in [6.45, 7) is 14.6. The van der Waals surface area contributed by atoms with Gasteiger partial charge in [-0.25, -0.2) is 4.79 Å². The van der Waals surface area contributed by atoms with E-state index in [1.165, 1.54) is 0 Å². The molecule has 0 aliphatic carbocycles. The lowest BCUT2D eigenvalue weighted by molar-refractivity contribution is 0.0592. The van der Waals surface area contributed by atoms with Gasteiger partial charge in [-0.15, -0.1) is 0 Å². The summed E-state index contributed by atoms with van der Waals surface area (Å²) < 4.78 is 10.1. The molecule has 0 N–H and O–H groups in total. The molecule has 2 radical (unpaired) electrons. The topological polar surface area (TPSA) is 35.5 Å². The van der Waals surface area contributed by atoms with E-state index in [4.69, 9.17) is 9.47 Å². The first-order valence-corrected chi connectivity index (χ1v) is 11.0. The molecule has 0 heterocycles. The summed E-state index contributed by atoms with van der Waals surface area (Å²) >= 11 is 0. The highest BCUT2D eigenvalue weighted by Crippen LogP contribution is 2.36. The largest absolute Gasteiger partial charge is 0.508 e. The Balaban J connectivity index is 3.69. The molecule has 100 valence electrons. The third-order valence-corrected chi connectivity index (χ3v) is 11.3. The van der Waals surface area contributed by atoms with Crippen molar-refractivity contribution in [2.24, 2.45) is 0 Å². The van der Waals surface area contributed by atoms with Crippen LogP contribution in [0.3, 0.4) is 0 Å². The van der Waals surface area contributed by atoms with Crippen LogP contribution in [-0.4, -0.2) is 37.0 Å². The molecule has 0 unspecified atom stereocenters. The Bertz CT molecular complexity index is 234. The zero-order chi connectivity index (χ0) is 13.5. The molecule has 0 atom stereocenters. The smallest absolute Gasteiger partial charge is 0.435 e. The fourth-order valence-electron chi connectivity index (χ4n) is 1.05. The van der Waals surface area contributed by atoms with Gasteiger partial charge in [0.1, 0.15) is 0 Å². The highest BCUT2D eigenvalue weighted by molar-refractivity contribution is 6.87. The van der Waals surface area contributed by atoms with Gasteiger partial charge in [-0.2, -0.15) is 0 Å². The second-order valence-corrected chi connectivity index (χ2v) is 14.0. The van der Waals surface area contributed by atoms with E-state index in [0.717, 1.165) is 22.0 Å². The van der Waals surface area contributed by atoms with Gasteiger partial charge in [-0.3, -0.25) is 0 Å². The van der Waals surface area contributed by atoms with E-state index in [1.807, 2.05) is 0 Å². The Kier molecular flexibility index (Phi) is 7.08. The molecule has 5 heteroatoms. The molecule has 0 aliphatic rings. The van der Waals surface area contributed by atoms with Crippen molar-refractivity contribution < 1.29 is 14.3 Å². The SMILES string of the molecule is CCOC(=O)OCCC[Si]C(C)(C)[Si](C)(C)C. The minimum absolute atomic E-state index is 0.378. The van der Waals surface area contributed by atoms with Crippen molar-refractivity contribution in [1.29, 1.82) is 0 Å². The number of hydrogen-bond donors (Lipinski definition) is 0. The number of ether oxygens (including phenoxy) is 2. The van der Waals surface area contributed by atoms with Gasteiger partial charge in [0, 0.05) is 17.6 Å². The summed E-state index contributed by atoms with van der Waals surface area (Å²) in [5, 5.41) is 0. The van der Waals surface area contributed by atoms with Crippen LogP contribution in [-0.2, 0) is 9.47 Å². The summed E-state index contributed by atoms with van der Waals surface area (Å²) in [6.07, 6.45) is 0.394. The van der Waals surface area contributed by atoms with Gasteiger partial charge in [-0.1, -0.05) is 39.5 Å². The Morgan fingerprint density at radius 1 is 1.24 bits per heavy atom. The normalized spacial score (nSPS) is 12.4. The molecule has 0 aromatic rings. The first kappa shape index (κ1) is 16.7. The molecule has 0 amide bonds. The molecular weight excluding hydrogens is 248 g/mol. The van der Waals surface area contributed by atoms with Crippen LogP contribution in [0.15, 0.2) is 0 Å². The van der Waals surface area contributed by atoms with Gasteiger partial charge in [0.15, 0.2) is 0 Å². The van der Waals surface area contributed by atoms with Gasteiger partial charge in [0.25, 0.3) is 0 Å². The van der Waals surface area contributed by atoms with E-state index < -0.39 is 14.2 Å². The molecule has 17 heavy (non-hydrogen) atoms. The van der Waals surface area contributed by atoms with Crippen LogP contribution in [0.1, 0.15) is 27.2 Å². The first-order valence-electron chi connectivity index (χ1n) is 6.25. The van der Waals surface area contributed by atoms with Crippen molar-refractivity contribution in [3.8, 4) is 0 Å². The fourth-order valence-corrected chi connectivity index (χ4v) is 4.50. The van der Waals surface area contributed by atoms with Crippen LogP contribution in [0, 0.1) is 0 Å². The molecular formula is C12H26O3Si2. The number of carbonyl (C=O) groups excluding carboxylic acids is 1. The molecule has 0 aliphatic heterocycles. The van der Waals surface area contributed by atoms with Crippen molar-refractivity contribution >= 4 is 23.7 Å². The zero-order valence-corrected chi connectivity index (χ0v) is 14.1. The van der Waals surface area contributed by atoms with Crippen LogP contribution in [0.5, 0.6) is 0 Å². The Labute approximate surface area is 109 Å². The summed E-state index contributed by atoms with van der Waals surface area (Å²) in [4.78, 5) is 10.9. The van der Waals surface area contributed by atoms with Crippen LogP contribution >= 0.6 is 0 Å². The molecule has 3 nitrogen and oxygen atoms in total. The number of carbonyl (C=O) groups is 1. The number of hydrogen-bond acceptors (Lipinski definition) is 3. The summed E-state index contributed by atoms with van der Waals surface area (Å²) in [5.74, 6) is 0. The van der Waals surface area contributed by atoms with Gasteiger partial charge in [-0.05, 0) is 18.0 Å². The van der Waals surface area contributed by atoms with Gasteiger partial charge in [0.2, 0.25) is 0 Å². The maximum atomic E-state index is 10.9. The molecule has 0 bridgehead atoms. The van der Waals surface area contributed by atoms with Gasteiger partial charge in [0.05, 0.1) is 13.2 Å². The highest BCUT2D eigenvalue weighted by Gasteiger charge is 2.34. The Morgan fingerprint density at radius 3 is 2.29 bits per heavy atom.